The van der Waals surface area contributed by atoms with Gasteiger partial charge in [-0.25, -0.2) is 4.98 Å². The first-order valence-corrected chi connectivity index (χ1v) is 10.9. The Morgan fingerprint density at radius 3 is 2.88 bits per heavy atom. The highest BCUT2D eigenvalue weighted by atomic mass is 32.2. The number of nitrogens with zero attached hydrogens (tertiary/aromatic N) is 2. The highest BCUT2D eigenvalue weighted by Crippen LogP contribution is 2.24. The SMILES string of the molecule is CCCCC(=O)N1CSCC1C(=O)NCc1csc(-c2ccccc2)n1. The average molecular weight is 390 g/mol. The Bertz CT molecular complexity index is 748. The second-order valence-electron chi connectivity index (χ2n) is 6.21. The summed E-state index contributed by atoms with van der Waals surface area (Å²) >= 11 is 3.20. The molecule has 1 aromatic carbocycles. The van der Waals surface area contributed by atoms with Gasteiger partial charge >= 0.3 is 0 Å². The molecule has 1 unspecified atom stereocenters. The van der Waals surface area contributed by atoms with Crippen LogP contribution in [0.15, 0.2) is 35.7 Å². The highest BCUT2D eigenvalue weighted by molar-refractivity contribution is 7.99. The van der Waals surface area contributed by atoms with Crippen LogP contribution in [0.4, 0.5) is 0 Å². The summed E-state index contributed by atoms with van der Waals surface area (Å²) in [4.78, 5) is 31.1. The third kappa shape index (κ3) is 4.65. The minimum absolute atomic E-state index is 0.0806. The molecule has 0 saturated carbocycles. The fourth-order valence-electron chi connectivity index (χ4n) is 2.77. The lowest BCUT2D eigenvalue weighted by Gasteiger charge is -2.22. The van der Waals surface area contributed by atoms with Gasteiger partial charge in [0.2, 0.25) is 11.8 Å². The fraction of sp³-hybridized carbons (Fsp3) is 0.421. The molecular formula is C19H23N3O2S2. The highest BCUT2D eigenvalue weighted by Gasteiger charge is 2.34. The van der Waals surface area contributed by atoms with E-state index in [0.29, 0.717) is 24.6 Å². The maximum Gasteiger partial charge on any atom is 0.244 e. The molecule has 5 nitrogen and oxygen atoms in total. The number of amides is 2. The van der Waals surface area contributed by atoms with Crippen molar-refractivity contribution in [1.29, 1.82) is 0 Å². The van der Waals surface area contributed by atoms with E-state index in [9.17, 15) is 9.59 Å². The van der Waals surface area contributed by atoms with Gasteiger partial charge < -0.3 is 10.2 Å². The number of aromatic nitrogens is 1. The molecule has 3 rings (SSSR count). The van der Waals surface area contributed by atoms with Gasteiger partial charge in [0.15, 0.2) is 0 Å². The summed E-state index contributed by atoms with van der Waals surface area (Å²) in [5.41, 5.74) is 1.92. The summed E-state index contributed by atoms with van der Waals surface area (Å²) in [6, 6.07) is 9.63. The molecule has 2 heterocycles. The first kappa shape index (κ1) is 18.9. The van der Waals surface area contributed by atoms with Gasteiger partial charge in [0.05, 0.1) is 18.1 Å². The monoisotopic (exact) mass is 389 g/mol. The summed E-state index contributed by atoms with van der Waals surface area (Å²) in [7, 11) is 0. The third-order valence-corrected chi connectivity index (χ3v) is 6.22. The third-order valence-electron chi connectivity index (χ3n) is 4.27. The van der Waals surface area contributed by atoms with Gasteiger partial charge in [-0.1, -0.05) is 43.7 Å². The van der Waals surface area contributed by atoms with Crippen molar-refractivity contribution in [2.75, 3.05) is 11.6 Å². The van der Waals surface area contributed by atoms with Crippen LogP contribution in [-0.2, 0) is 16.1 Å². The van der Waals surface area contributed by atoms with Crippen molar-refractivity contribution in [1.82, 2.24) is 15.2 Å². The predicted molar refractivity (Wildman–Crippen MR) is 107 cm³/mol. The molecule has 138 valence electrons. The minimum atomic E-state index is -0.364. The molecule has 2 amide bonds. The zero-order chi connectivity index (χ0) is 18.4. The molecule has 0 bridgehead atoms. The van der Waals surface area contributed by atoms with Gasteiger partial charge in [-0.2, -0.15) is 0 Å². The van der Waals surface area contributed by atoms with Gasteiger partial charge in [0.25, 0.3) is 0 Å². The standard InChI is InChI=1S/C19H23N3O2S2/c1-2-3-9-17(23)22-13-25-12-16(22)18(24)20-10-15-11-26-19(21-15)14-7-5-4-6-8-14/h4-8,11,16H,2-3,9-10,12-13H2,1H3,(H,20,24). The second kappa shape index (κ2) is 9.19. The van der Waals surface area contributed by atoms with Crippen LogP contribution >= 0.6 is 23.1 Å². The van der Waals surface area contributed by atoms with Crippen molar-refractivity contribution in [3.63, 3.8) is 0 Å². The molecule has 0 spiro atoms. The zero-order valence-electron chi connectivity index (χ0n) is 14.8. The molecule has 1 aromatic heterocycles. The molecule has 1 aliphatic heterocycles. The number of carbonyl (C=O) groups is 2. The summed E-state index contributed by atoms with van der Waals surface area (Å²) < 4.78 is 0. The Balaban J connectivity index is 1.55. The molecule has 2 aromatic rings. The van der Waals surface area contributed by atoms with Crippen LogP contribution in [0.2, 0.25) is 0 Å². The number of nitrogens with one attached hydrogen (secondary N) is 1. The van der Waals surface area contributed by atoms with E-state index >= 15 is 0 Å². The van der Waals surface area contributed by atoms with Crippen molar-refractivity contribution in [2.24, 2.45) is 0 Å². The molecular weight excluding hydrogens is 366 g/mol. The van der Waals surface area contributed by atoms with E-state index in [4.69, 9.17) is 0 Å². The van der Waals surface area contributed by atoms with E-state index in [1.165, 1.54) is 0 Å². The Hall–Kier alpha value is -1.86. The lowest BCUT2D eigenvalue weighted by atomic mass is 10.2. The first-order valence-electron chi connectivity index (χ1n) is 8.83. The molecule has 0 aliphatic carbocycles. The molecule has 1 saturated heterocycles. The molecule has 1 fully saturated rings. The lowest BCUT2D eigenvalue weighted by Crippen LogP contribution is -2.47. The quantitative estimate of drug-likeness (QED) is 0.787. The first-order chi connectivity index (χ1) is 12.7. The Morgan fingerprint density at radius 1 is 1.31 bits per heavy atom. The predicted octanol–water partition coefficient (Wildman–Crippen LogP) is 3.52. The van der Waals surface area contributed by atoms with Crippen LogP contribution in [0, 0.1) is 0 Å². The second-order valence-corrected chi connectivity index (χ2v) is 8.07. The van der Waals surface area contributed by atoms with Gasteiger partial charge in [-0.3, -0.25) is 9.59 Å². The normalized spacial score (nSPS) is 16.7. The van der Waals surface area contributed by atoms with E-state index in [-0.39, 0.29) is 17.9 Å². The minimum Gasteiger partial charge on any atom is -0.349 e. The van der Waals surface area contributed by atoms with Crippen molar-refractivity contribution < 1.29 is 9.59 Å². The maximum atomic E-state index is 12.5. The zero-order valence-corrected chi connectivity index (χ0v) is 16.4. The number of carbonyl (C=O) groups excluding carboxylic acids is 2. The number of unbranched alkanes of at least 4 members (excludes halogenated alkanes) is 1. The van der Waals surface area contributed by atoms with Crippen molar-refractivity contribution >= 4 is 34.9 Å². The molecule has 26 heavy (non-hydrogen) atoms. The number of hydrogen-bond acceptors (Lipinski definition) is 5. The average Bonchev–Trinajstić information content (AvgIpc) is 3.34. The smallest absolute Gasteiger partial charge is 0.244 e. The van der Waals surface area contributed by atoms with E-state index in [2.05, 4.69) is 17.2 Å². The van der Waals surface area contributed by atoms with Crippen LogP contribution < -0.4 is 5.32 Å². The number of hydrogen-bond donors (Lipinski definition) is 1. The summed E-state index contributed by atoms with van der Waals surface area (Å²) in [6.45, 7) is 2.45. The summed E-state index contributed by atoms with van der Waals surface area (Å²) in [5, 5.41) is 5.86. The van der Waals surface area contributed by atoms with Crippen molar-refractivity contribution in [3.8, 4) is 10.6 Å². The van der Waals surface area contributed by atoms with Gasteiger partial charge in [0, 0.05) is 23.1 Å². The Kier molecular flexibility index (Phi) is 6.68. The topological polar surface area (TPSA) is 62.3 Å². The molecule has 1 aliphatic rings. The van der Waals surface area contributed by atoms with Crippen LogP contribution in [0.3, 0.4) is 0 Å². The molecule has 1 atom stereocenters. The summed E-state index contributed by atoms with van der Waals surface area (Å²) in [5.74, 6) is 1.26. The number of rotatable bonds is 7. The maximum absolute atomic E-state index is 12.5. The van der Waals surface area contributed by atoms with Gasteiger partial charge in [-0.05, 0) is 6.42 Å². The lowest BCUT2D eigenvalue weighted by molar-refractivity contribution is -0.138. The van der Waals surface area contributed by atoms with Gasteiger partial charge in [0.1, 0.15) is 11.0 Å². The van der Waals surface area contributed by atoms with Crippen molar-refractivity contribution in [2.45, 2.75) is 38.8 Å². The molecule has 0 radical (unpaired) electrons. The Labute approximate surface area is 162 Å². The number of thiazole rings is 1. The van der Waals surface area contributed by atoms with Crippen LogP contribution in [-0.4, -0.2) is 39.4 Å². The van der Waals surface area contributed by atoms with Gasteiger partial charge in [-0.15, -0.1) is 23.1 Å². The van der Waals surface area contributed by atoms with E-state index in [1.54, 1.807) is 28.0 Å². The largest absolute Gasteiger partial charge is 0.349 e. The Morgan fingerprint density at radius 2 is 2.12 bits per heavy atom. The molecule has 7 heteroatoms. The van der Waals surface area contributed by atoms with E-state index in [0.717, 1.165) is 29.1 Å². The van der Waals surface area contributed by atoms with Crippen LogP contribution in [0.1, 0.15) is 31.9 Å². The number of benzene rings is 1. The summed E-state index contributed by atoms with van der Waals surface area (Å²) in [6.07, 6.45) is 2.37. The fourth-order valence-corrected chi connectivity index (χ4v) is 4.78. The van der Waals surface area contributed by atoms with E-state index < -0.39 is 0 Å². The van der Waals surface area contributed by atoms with E-state index in [1.807, 2.05) is 35.7 Å². The number of thioether (sulfide) groups is 1. The van der Waals surface area contributed by atoms with Crippen LogP contribution in [0.5, 0.6) is 0 Å². The van der Waals surface area contributed by atoms with Crippen LogP contribution in [0.25, 0.3) is 10.6 Å². The van der Waals surface area contributed by atoms with Crippen molar-refractivity contribution in [3.05, 3.63) is 41.4 Å². The molecule has 1 N–H and O–H groups in total.